The lowest BCUT2D eigenvalue weighted by molar-refractivity contribution is -0.143. The number of benzene rings is 1. The molecule has 1 aromatic rings. The van der Waals surface area contributed by atoms with E-state index in [1.165, 1.54) is 6.92 Å². The van der Waals surface area contributed by atoms with Gasteiger partial charge in [-0.2, -0.15) is 31.6 Å². The van der Waals surface area contributed by atoms with Gasteiger partial charge >= 0.3 is 12.4 Å². The van der Waals surface area contributed by atoms with Gasteiger partial charge in [-0.1, -0.05) is 0 Å². The second-order valence-corrected chi connectivity index (χ2v) is 4.20. The van der Waals surface area contributed by atoms with E-state index in [0.29, 0.717) is 12.1 Å². The quantitative estimate of drug-likeness (QED) is 0.841. The minimum Gasteiger partial charge on any atom is -0.387 e. The third-order valence-electron chi connectivity index (χ3n) is 2.63. The van der Waals surface area contributed by atoms with Gasteiger partial charge in [-0.15, -0.1) is 0 Å². The summed E-state index contributed by atoms with van der Waals surface area (Å²) in [5, 5.41) is 18.2. The van der Waals surface area contributed by atoms with E-state index >= 15 is 0 Å². The molecule has 20 heavy (non-hydrogen) atoms. The predicted octanol–water partition coefficient (Wildman–Crippen LogP) is 3.92. The normalized spacial score (nSPS) is 15.6. The van der Waals surface area contributed by atoms with Crippen molar-refractivity contribution < 1.29 is 31.4 Å². The van der Waals surface area contributed by atoms with Crippen LogP contribution in [0, 0.1) is 17.2 Å². The Morgan fingerprint density at radius 3 is 1.70 bits per heavy atom. The number of aliphatic hydroxyl groups is 1. The van der Waals surface area contributed by atoms with E-state index in [1.54, 1.807) is 6.07 Å². The maximum Gasteiger partial charge on any atom is 0.416 e. The molecule has 0 saturated carbocycles. The van der Waals surface area contributed by atoms with Crippen molar-refractivity contribution in [3.63, 3.8) is 0 Å². The van der Waals surface area contributed by atoms with Crippen LogP contribution in [0.3, 0.4) is 0 Å². The topological polar surface area (TPSA) is 44.0 Å². The fourth-order valence-corrected chi connectivity index (χ4v) is 1.51. The summed E-state index contributed by atoms with van der Waals surface area (Å²) in [7, 11) is 0. The van der Waals surface area contributed by atoms with Gasteiger partial charge in [-0.25, -0.2) is 0 Å². The molecule has 0 saturated heterocycles. The first-order valence-electron chi connectivity index (χ1n) is 5.34. The average molecular weight is 297 g/mol. The third-order valence-corrected chi connectivity index (χ3v) is 2.63. The first-order valence-corrected chi connectivity index (χ1v) is 5.34. The Labute approximate surface area is 110 Å². The van der Waals surface area contributed by atoms with E-state index in [9.17, 15) is 31.4 Å². The summed E-state index contributed by atoms with van der Waals surface area (Å²) >= 11 is 0. The number of halogens is 6. The van der Waals surface area contributed by atoms with Crippen molar-refractivity contribution in [1.29, 1.82) is 5.26 Å². The molecule has 1 rings (SSSR count). The van der Waals surface area contributed by atoms with Gasteiger partial charge in [-0.05, 0) is 30.7 Å². The molecular formula is C12H9F6NO. The fourth-order valence-electron chi connectivity index (χ4n) is 1.51. The Kier molecular flexibility index (Phi) is 4.34. The summed E-state index contributed by atoms with van der Waals surface area (Å²) in [4.78, 5) is 0. The number of alkyl halides is 6. The van der Waals surface area contributed by atoms with E-state index in [1.807, 2.05) is 0 Å². The second kappa shape index (κ2) is 5.32. The Morgan fingerprint density at radius 2 is 1.40 bits per heavy atom. The molecular weight excluding hydrogens is 288 g/mol. The van der Waals surface area contributed by atoms with Gasteiger partial charge < -0.3 is 5.11 Å². The molecule has 0 aliphatic carbocycles. The van der Waals surface area contributed by atoms with Gasteiger partial charge in [-0.3, -0.25) is 0 Å². The zero-order valence-electron chi connectivity index (χ0n) is 10.0. The van der Waals surface area contributed by atoms with Crippen LogP contribution in [0.25, 0.3) is 0 Å². The van der Waals surface area contributed by atoms with Crippen molar-refractivity contribution in [3.05, 3.63) is 34.9 Å². The lowest BCUT2D eigenvalue weighted by Gasteiger charge is -2.18. The van der Waals surface area contributed by atoms with Crippen LogP contribution in [0.2, 0.25) is 0 Å². The predicted molar refractivity (Wildman–Crippen MR) is 56.2 cm³/mol. The van der Waals surface area contributed by atoms with E-state index in [0.717, 1.165) is 0 Å². The van der Waals surface area contributed by atoms with Crippen molar-refractivity contribution in [3.8, 4) is 6.07 Å². The largest absolute Gasteiger partial charge is 0.416 e. The smallest absolute Gasteiger partial charge is 0.387 e. The van der Waals surface area contributed by atoms with E-state index < -0.39 is 41.1 Å². The van der Waals surface area contributed by atoms with Crippen molar-refractivity contribution in [2.75, 3.05) is 0 Å². The van der Waals surface area contributed by atoms with E-state index in [2.05, 4.69) is 0 Å². The molecule has 0 aromatic heterocycles. The van der Waals surface area contributed by atoms with Crippen LogP contribution in [0.1, 0.15) is 29.7 Å². The molecule has 0 amide bonds. The molecule has 0 unspecified atom stereocenters. The highest BCUT2D eigenvalue weighted by Gasteiger charge is 2.37. The van der Waals surface area contributed by atoms with Crippen LogP contribution in [-0.4, -0.2) is 5.11 Å². The molecule has 0 radical (unpaired) electrons. The summed E-state index contributed by atoms with van der Waals surface area (Å²) in [5.41, 5.74) is -3.64. The van der Waals surface area contributed by atoms with Gasteiger partial charge in [0.15, 0.2) is 0 Å². The number of aliphatic hydroxyl groups excluding tert-OH is 1. The molecule has 0 bridgehead atoms. The summed E-state index contributed by atoms with van der Waals surface area (Å²) in [5.74, 6) is -1.14. The Balaban J connectivity index is 3.43. The molecule has 0 fully saturated rings. The molecule has 0 heterocycles. The first-order chi connectivity index (χ1) is 8.96. The highest BCUT2D eigenvalue weighted by atomic mass is 19.4. The zero-order chi connectivity index (χ0) is 15.7. The molecule has 0 spiro atoms. The van der Waals surface area contributed by atoms with Crippen molar-refractivity contribution in [2.45, 2.75) is 25.4 Å². The SMILES string of the molecule is C[C@H](C#N)[C@H](O)c1cc(C(F)(F)F)cc(C(F)(F)F)c1. The molecule has 2 atom stereocenters. The van der Waals surface area contributed by atoms with Crippen molar-refractivity contribution >= 4 is 0 Å². The van der Waals surface area contributed by atoms with Crippen LogP contribution in [-0.2, 0) is 12.4 Å². The van der Waals surface area contributed by atoms with Gasteiger partial charge in [0.25, 0.3) is 0 Å². The Morgan fingerprint density at radius 1 is 1.00 bits per heavy atom. The molecule has 0 aliphatic rings. The number of nitrogens with zero attached hydrogens (tertiary/aromatic N) is 1. The summed E-state index contributed by atoms with van der Waals surface area (Å²) in [6, 6.07) is 2.35. The van der Waals surface area contributed by atoms with Gasteiger partial charge in [0.05, 0.1) is 29.2 Å². The minimum absolute atomic E-state index is 0.0345. The lowest BCUT2D eigenvalue weighted by atomic mass is 9.95. The van der Waals surface area contributed by atoms with E-state index in [4.69, 9.17) is 5.26 Å². The van der Waals surface area contributed by atoms with Crippen molar-refractivity contribution in [1.82, 2.24) is 0 Å². The minimum atomic E-state index is -4.98. The van der Waals surface area contributed by atoms with Gasteiger partial charge in [0, 0.05) is 0 Å². The third kappa shape index (κ3) is 3.63. The average Bonchev–Trinajstić information content (AvgIpc) is 2.34. The summed E-state index contributed by atoms with van der Waals surface area (Å²) < 4.78 is 75.4. The van der Waals surface area contributed by atoms with Crippen LogP contribution in [0.4, 0.5) is 26.3 Å². The van der Waals surface area contributed by atoms with Crippen LogP contribution >= 0.6 is 0 Å². The van der Waals surface area contributed by atoms with Crippen molar-refractivity contribution in [2.24, 2.45) is 5.92 Å². The van der Waals surface area contributed by atoms with Crippen LogP contribution < -0.4 is 0 Å². The molecule has 1 aromatic carbocycles. The van der Waals surface area contributed by atoms with Gasteiger partial charge in [0.1, 0.15) is 0 Å². The maximum atomic E-state index is 12.6. The maximum absolute atomic E-state index is 12.6. The highest BCUT2D eigenvalue weighted by molar-refractivity contribution is 5.35. The zero-order valence-corrected chi connectivity index (χ0v) is 10.0. The first kappa shape index (κ1) is 16.3. The molecule has 110 valence electrons. The van der Waals surface area contributed by atoms with Crippen LogP contribution in [0.15, 0.2) is 18.2 Å². The number of hydrogen-bond acceptors (Lipinski definition) is 2. The highest BCUT2D eigenvalue weighted by Crippen LogP contribution is 2.38. The van der Waals surface area contributed by atoms with E-state index in [-0.39, 0.29) is 6.07 Å². The monoisotopic (exact) mass is 297 g/mol. The number of rotatable bonds is 2. The second-order valence-electron chi connectivity index (χ2n) is 4.20. The fraction of sp³-hybridized carbons (Fsp3) is 0.417. The molecule has 1 N–H and O–H groups in total. The Bertz CT molecular complexity index is 496. The van der Waals surface area contributed by atoms with Crippen LogP contribution in [0.5, 0.6) is 0 Å². The Hall–Kier alpha value is -1.75. The number of hydrogen-bond donors (Lipinski definition) is 1. The lowest BCUT2D eigenvalue weighted by Crippen LogP contribution is -2.15. The number of nitriles is 1. The standard InChI is InChI=1S/C12H9F6NO/c1-6(5-19)10(20)7-2-8(11(13,14)15)4-9(3-7)12(16,17)18/h2-4,6,10,20H,1H3/t6-,10+/m1/s1. The summed E-state index contributed by atoms with van der Waals surface area (Å²) in [6.45, 7) is 1.19. The summed E-state index contributed by atoms with van der Waals surface area (Å²) in [6.07, 6.45) is -11.7. The molecule has 8 heteroatoms. The molecule has 2 nitrogen and oxygen atoms in total. The van der Waals surface area contributed by atoms with Gasteiger partial charge in [0.2, 0.25) is 0 Å². The molecule has 0 aliphatic heterocycles.